The second-order valence-electron chi connectivity index (χ2n) is 12.1. The molecule has 6 aromatic carbocycles. The minimum Gasteiger partial charge on any atom is -0.275 e. The number of hydrogen-bond donors (Lipinski definition) is 0. The number of fused-ring (bicyclic) bond motifs is 8. The Morgan fingerprint density at radius 2 is 1.09 bits per heavy atom. The molecule has 212 valence electrons. The smallest absolute Gasteiger partial charge is 0.263 e. The first-order valence-electron chi connectivity index (χ1n) is 15.6. The molecule has 8 aromatic rings. The van der Waals surface area contributed by atoms with Gasteiger partial charge in [0, 0.05) is 27.0 Å². The molecule has 0 bridgehead atoms. The van der Waals surface area contributed by atoms with E-state index < -0.39 is 0 Å². The van der Waals surface area contributed by atoms with Crippen LogP contribution in [0.25, 0.3) is 71.3 Å². The number of pyridine rings is 1. The van der Waals surface area contributed by atoms with Gasteiger partial charge in [-0.25, -0.2) is 0 Å². The molecular formula is C42H33NO. The molecule has 0 fully saturated rings. The van der Waals surface area contributed by atoms with E-state index in [2.05, 4.69) is 123 Å². The monoisotopic (exact) mass is 567 g/mol. The molecule has 0 radical (unpaired) electrons. The first-order chi connectivity index (χ1) is 21.5. The van der Waals surface area contributed by atoms with E-state index in [1.54, 1.807) is 0 Å². The Hall–Kier alpha value is -5.21. The topological polar surface area (TPSA) is 21.5 Å². The average molecular weight is 568 g/mol. The van der Waals surface area contributed by atoms with Gasteiger partial charge in [-0.15, -0.1) is 0 Å². The molecule has 0 spiro atoms. The van der Waals surface area contributed by atoms with Crippen molar-refractivity contribution in [2.45, 2.75) is 33.1 Å². The normalized spacial score (nSPS) is 13.3. The van der Waals surface area contributed by atoms with Crippen molar-refractivity contribution in [3.63, 3.8) is 0 Å². The summed E-state index contributed by atoms with van der Waals surface area (Å²) in [6.45, 7) is 8.59. The molecule has 1 aliphatic rings. The molecule has 0 unspecified atom stereocenters. The lowest BCUT2D eigenvalue weighted by molar-refractivity contribution is 0.661. The van der Waals surface area contributed by atoms with E-state index in [1.165, 1.54) is 33.4 Å². The third kappa shape index (κ3) is 3.58. The van der Waals surface area contributed by atoms with Crippen LogP contribution in [0.15, 0.2) is 132 Å². The van der Waals surface area contributed by atoms with Gasteiger partial charge in [0.2, 0.25) is 0 Å². The SMILES string of the molecule is CC.CC1(C)c2ccccc2-c2cc3c4cc(-c5cccc(-c6ccccc6)c5)cc5c6ccccc6c(=O)n(c3cc21)c54. The molecule has 2 aromatic heterocycles. The molecule has 0 N–H and O–H groups in total. The van der Waals surface area contributed by atoms with E-state index >= 15 is 0 Å². The summed E-state index contributed by atoms with van der Waals surface area (Å²) in [6, 6.07) is 45.3. The van der Waals surface area contributed by atoms with Crippen LogP contribution in [0.4, 0.5) is 0 Å². The third-order valence-electron chi connectivity index (χ3n) is 9.52. The van der Waals surface area contributed by atoms with E-state index in [1.807, 2.05) is 36.4 Å². The van der Waals surface area contributed by atoms with Gasteiger partial charge in [0.25, 0.3) is 5.56 Å². The van der Waals surface area contributed by atoms with Gasteiger partial charge in [-0.1, -0.05) is 119 Å². The van der Waals surface area contributed by atoms with Gasteiger partial charge in [-0.05, 0) is 86.3 Å². The van der Waals surface area contributed by atoms with E-state index in [-0.39, 0.29) is 11.0 Å². The predicted molar refractivity (Wildman–Crippen MR) is 187 cm³/mol. The Morgan fingerprint density at radius 3 is 1.86 bits per heavy atom. The number of rotatable bonds is 2. The summed E-state index contributed by atoms with van der Waals surface area (Å²) >= 11 is 0. The van der Waals surface area contributed by atoms with Crippen molar-refractivity contribution in [2.75, 3.05) is 0 Å². The number of hydrogen-bond acceptors (Lipinski definition) is 1. The van der Waals surface area contributed by atoms with Crippen molar-refractivity contribution in [3.8, 4) is 33.4 Å². The van der Waals surface area contributed by atoms with Gasteiger partial charge >= 0.3 is 0 Å². The highest BCUT2D eigenvalue weighted by Crippen LogP contribution is 2.51. The molecule has 9 rings (SSSR count). The van der Waals surface area contributed by atoms with Crippen LogP contribution in [0.1, 0.15) is 38.8 Å². The second kappa shape index (κ2) is 9.65. The van der Waals surface area contributed by atoms with Crippen molar-refractivity contribution in [1.29, 1.82) is 0 Å². The summed E-state index contributed by atoms with van der Waals surface area (Å²) in [5.74, 6) is 0. The van der Waals surface area contributed by atoms with Crippen molar-refractivity contribution in [1.82, 2.24) is 4.40 Å². The van der Waals surface area contributed by atoms with Gasteiger partial charge in [-0.3, -0.25) is 9.20 Å². The molecule has 44 heavy (non-hydrogen) atoms. The molecule has 2 heteroatoms. The minimum atomic E-state index is -0.141. The summed E-state index contributed by atoms with van der Waals surface area (Å²) in [4.78, 5) is 14.2. The maximum absolute atomic E-state index is 14.2. The fourth-order valence-electron chi connectivity index (χ4n) is 7.45. The molecule has 2 heterocycles. The Bertz CT molecular complexity index is 2450. The average Bonchev–Trinajstić information content (AvgIpc) is 3.52. The van der Waals surface area contributed by atoms with Crippen LogP contribution in [-0.2, 0) is 5.41 Å². The highest BCUT2D eigenvalue weighted by Gasteiger charge is 2.36. The van der Waals surface area contributed by atoms with Crippen molar-refractivity contribution >= 4 is 38.0 Å². The minimum absolute atomic E-state index is 0.0465. The van der Waals surface area contributed by atoms with E-state index in [4.69, 9.17) is 0 Å². The quantitative estimate of drug-likeness (QED) is 0.190. The zero-order valence-electron chi connectivity index (χ0n) is 25.5. The van der Waals surface area contributed by atoms with Crippen LogP contribution in [0.2, 0.25) is 0 Å². The lowest BCUT2D eigenvalue weighted by Crippen LogP contribution is -2.16. The molecule has 0 saturated carbocycles. The van der Waals surface area contributed by atoms with Gasteiger partial charge in [0.1, 0.15) is 0 Å². The highest BCUT2D eigenvalue weighted by molar-refractivity contribution is 6.22. The Labute approximate surface area is 257 Å². The summed E-state index contributed by atoms with van der Waals surface area (Å²) < 4.78 is 1.98. The predicted octanol–water partition coefficient (Wildman–Crippen LogP) is 10.9. The van der Waals surface area contributed by atoms with Crippen LogP contribution in [0, 0.1) is 0 Å². The third-order valence-corrected chi connectivity index (χ3v) is 9.52. The Kier molecular flexibility index (Phi) is 5.80. The summed E-state index contributed by atoms with van der Waals surface area (Å²) in [5, 5.41) is 5.11. The zero-order valence-corrected chi connectivity index (χ0v) is 25.5. The summed E-state index contributed by atoms with van der Waals surface area (Å²) in [7, 11) is 0. The maximum atomic E-state index is 14.2. The van der Waals surface area contributed by atoms with Crippen molar-refractivity contribution < 1.29 is 0 Å². The van der Waals surface area contributed by atoms with E-state index in [0.29, 0.717) is 0 Å². The lowest BCUT2D eigenvalue weighted by atomic mass is 9.82. The Morgan fingerprint density at radius 1 is 0.477 bits per heavy atom. The van der Waals surface area contributed by atoms with Gasteiger partial charge in [0.05, 0.1) is 11.0 Å². The van der Waals surface area contributed by atoms with E-state index in [9.17, 15) is 4.79 Å². The number of aromatic nitrogens is 1. The fraction of sp³-hybridized carbons (Fsp3) is 0.119. The van der Waals surface area contributed by atoms with Crippen LogP contribution >= 0.6 is 0 Å². The number of benzene rings is 6. The number of nitrogens with zero attached hydrogens (tertiary/aromatic N) is 1. The fourth-order valence-corrected chi connectivity index (χ4v) is 7.45. The first-order valence-corrected chi connectivity index (χ1v) is 15.6. The highest BCUT2D eigenvalue weighted by atomic mass is 16.1. The molecule has 0 amide bonds. The van der Waals surface area contributed by atoms with Crippen molar-refractivity contribution in [3.05, 3.63) is 149 Å². The molecule has 0 saturated heterocycles. The largest absolute Gasteiger partial charge is 0.275 e. The van der Waals surface area contributed by atoms with Gasteiger partial charge < -0.3 is 0 Å². The molecule has 2 nitrogen and oxygen atoms in total. The zero-order chi connectivity index (χ0) is 30.2. The second-order valence-corrected chi connectivity index (χ2v) is 12.1. The van der Waals surface area contributed by atoms with Crippen LogP contribution in [-0.4, -0.2) is 4.40 Å². The first kappa shape index (κ1) is 26.4. The van der Waals surface area contributed by atoms with Gasteiger partial charge in [0.15, 0.2) is 0 Å². The van der Waals surface area contributed by atoms with Crippen LogP contribution in [0.3, 0.4) is 0 Å². The summed E-state index contributed by atoms with van der Waals surface area (Å²) in [6.07, 6.45) is 0. The van der Waals surface area contributed by atoms with Crippen molar-refractivity contribution in [2.24, 2.45) is 0 Å². The van der Waals surface area contributed by atoms with Crippen LogP contribution < -0.4 is 5.56 Å². The maximum Gasteiger partial charge on any atom is 0.263 e. The molecule has 0 aliphatic heterocycles. The molecular weight excluding hydrogens is 534 g/mol. The van der Waals surface area contributed by atoms with E-state index in [0.717, 1.165) is 49.1 Å². The lowest BCUT2D eigenvalue weighted by Gasteiger charge is -2.21. The Balaban J connectivity index is 0.00000142. The standard InChI is InChI=1S/C40H27NO.C2H6/c1-40(2)35-18-9-8-16-29(35)31-22-32-34-21-27(26-14-10-13-25(19-26)24-11-4-3-5-12-24)20-33-28-15-6-7-17-30(28)39(42)41(38(33)34)37(32)23-36(31)40;1-2/h3-23H,1-2H3;1-2H3. The van der Waals surface area contributed by atoms with Crippen LogP contribution in [0.5, 0.6) is 0 Å². The van der Waals surface area contributed by atoms with Gasteiger partial charge in [-0.2, -0.15) is 0 Å². The summed E-state index contributed by atoms with van der Waals surface area (Å²) in [5.41, 5.74) is 11.8. The molecule has 1 aliphatic carbocycles. The molecule has 0 atom stereocenters.